The standard InChI is InChI=1S/C24H17N3O4S.C5H11BrO2/c28-23-24(12-31-18-10-20-19(9-15(18)24)29-7-8-30-20)21-17(5-4-16-22(21)32-13-26-16)27(23)11-14-3-1-2-6-25-14;1-7-4-5-8-3-2-6/h1-6,9-10,13H,7-8,11-12H2;2-5H2,1H3. The summed E-state index contributed by atoms with van der Waals surface area (Å²) in [6.45, 7) is 3.75. The van der Waals surface area contributed by atoms with Crippen molar-refractivity contribution in [2.45, 2.75) is 12.0 Å². The van der Waals surface area contributed by atoms with Gasteiger partial charge in [-0.05, 0) is 30.3 Å². The molecule has 0 fully saturated rings. The van der Waals surface area contributed by atoms with E-state index < -0.39 is 5.41 Å². The number of aromatic nitrogens is 2. The molecule has 0 saturated heterocycles. The summed E-state index contributed by atoms with van der Waals surface area (Å²) in [6.07, 6.45) is 1.75. The van der Waals surface area contributed by atoms with Crippen LogP contribution in [-0.4, -0.2) is 68.0 Å². The molecule has 208 valence electrons. The summed E-state index contributed by atoms with van der Waals surface area (Å²) in [5.41, 5.74) is 5.23. The molecular weight excluding hydrogens is 598 g/mol. The molecule has 3 aliphatic rings. The summed E-state index contributed by atoms with van der Waals surface area (Å²) in [6, 6.07) is 13.5. The molecule has 1 spiro atoms. The molecule has 2 aromatic heterocycles. The van der Waals surface area contributed by atoms with Gasteiger partial charge in [-0.15, -0.1) is 11.3 Å². The fraction of sp³-hybridized carbons (Fsp3) is 0.345. The van der Waals surface area contributed by atoms with Crippen molar-refractivity contribution in [2.75, 3.05) is 57.0 Å². The Labute approximate surface area is 244 Å². The van der Waals surface area contributed by atoms with Crippen LogP contribution >= 0.6 is 27.3 Å². The van der Waals surface area contributed by atoms with Crippen LogP contribution in [0.1, 0.15) is 16.8 Å². The van der Waals surface area contributed by atoms with E-state index in [-0.39, 0.29) is 12.5 Å². The molecule has 3 aliphatic heterocycles. The smallest absolute Gasteiger partial charge is 0.246 e. The summed E-state index contributed by atoms with van der Waals surface area (Å²) in [7, 11) is 1.66. The minimum atomic E-state index is -0.957. The van der Waals surface area contributed by atoms with Crippen molar-refractivity contribution >= 4 is 49.1 Å². The molecule has 5 heterocycles. The van der Waals surface area contributed by atoms with Gasteiger partial charge in [0, 0.05) is 35.8 Å². The number of alkyl halides is 1. The predicted molar refractivity (Wildman–Crippen MR) is 155 cm³/mol. The Bertz CT molecular complexity index is 1510. The Hall–Kier alpha value is -3.25. The van der Waals surface area contributed by atoms with Gasteiger partial charge in [0.05, 0.1) is 53.5 Å². The van der Waals surface area contributed by atoms with Crippen LogP contribution in [0, 0.1) is 0 Å². The number of thiazole rings is 1. The molecule has 2 aromatic carbocycles. The number of fused-ring (bicyclic) bond motifs is 7. The first-order valence-corrected chi connectivity index (χ1v) is 15.0. The van der Waals surface area contributed by atoms with Crippen molar-refractivity contribution in [3.05, 3.63) is 71.0 Å². The van der Waals surface area contributed by atoms with Crippen molar-refractivity contribution < 1.29 is 28.5 Å². The number of nitrogens with zero attached hydrogens (tertiary/aromatic N) is 3. The number of rotatable bonds is 7. The van der Waals surface area contributed by atoms with Crippen LogP contribution in [0.3, 0.4) is 0 Å². The monoisotopic (exact) mass is 625 g/mol. The van der Waals surface area contributed by atoms with Gasteiger partial charge in [-0.3, -0.25) is 9.78 Å². The minimum absolute atomic E-state index is 0.0190. The molecule has 0 N–H and O–H groups in total. The lowest BCUT2D eigenvalue weighted by Gasteiger charge is -2.24. The number of pyridine rings is 1. The van der Waals surface area contributed by atoms with Gasteiger partial charge in [-0.2, -0.15) is 0 Å². The highest BCUT2D eigenvalue weighted by Crippen LogP contribution is 2.57. The Morgan fingerprint density at radius 1 is 1.02 bits per heavy atom. The molecule has 7 rings (SSSR count). The number of carbonyl (C=O) groups excluding carboxylic acids is 1. The van der Waals surface area contributed by atoms with E-state index in [9.17, 15) is 4.79 Å². The molecule has 1 atom stereocenters. The van der Waals surface area contributed by atoms with Gasteiger partial charge in [0.1, 0.15) is 31.0 Å². The molecule has 40 heavy (non-hydrogen) atoms. The van der Waals surface area contributed by atoms with Crippen LogP contribution in [-0.2, 0) is 26.2 Å². The Balaban J connectivity index is 0.000000319. The second-order valence-corrected chi connectivity index (χ2v) is 11.0. The number of hydrogen-bond acceptors (Lipinski definition) is 9. The number of anilines is 1. The van der Waals surface area contributed by atoms with Gasteiger partial charge < -0.3 is 28.6 Å². The Kier molecular flexibility index (Phi) is 7.88. The number of benzene rings is 2. The number of methoxy groups -OCH3 is 1. The molecular formula is C29H28BrN3O6S. The van der Waals surface area contributed by atoms with Crippen LogP contribution in [0.5, 0.6) is 17.2 Å². The number of ether oxygens (including phenoxy) is 5. The molecule has 0 saturated carbocycles. The van der Waals surface area contributed by atoms with E-state index in [1.165, 1.54) is 0 Å². The normalized spacial score (nSPS) is 18.4. The van der Waals surface area contributed by atoms with Crippen molar-refractivity contribution in [1.82, 2.24) is 9.97 Å². The van der Waals surface area contributed by atoms with Crippen LogP contribution < -0.4 is 19.1 Å². The average Bonchev–Trinajstić information content (AvgIpc) is 3.68. The van der Waals surface area contributed by atoms with Crippen LogP contribution in [0.25, 0.3) is 10.2 Å². The average molecular weight is 627 g/mol. The lowest BCUT2D eigenvalue weighted by molar-refractivity contribution is -0.122. The first-order valence-electron chi connectivity index (χ1n) is 13.0. The second-order valence-electron chi connectivity index (χ2n) is 9.35. The molecule has 11 heteroatoms. The van der Waals surface area contributed by atoms with Crippen LogP contribution in [0.4, 0.5) is 5.69 Å². The summed E-state index contributed by atoms with van der Waals surface area (Å²) >= 11 is 4.79. The van der Waals surface area contributed by atoms with E-state index in [2.05, 4.69) is 25.9 Å². The van der Waals surface area contributed by atoms with E-state index >= 15 is 0 Å². The molecule has 0 radical (unpaired) electrons. The molecule has 4 aromatic rings. The number of carbonyl (C=O) groups is 1. The van der Waals surface area contributed by atoms with Crippen LogP contribution in [0.2, 0.25) is 0 Å². The maximum atomic E-state index is 14.2. The Morgan fingerprint density at radius 3 is 2.65 bits per heavy atom. The summed E-state index contributed by atoms with van der Waals surface area (Å²) < 4.78 is 28.5. The number of hydrogen-bond donors (Lipinski definition) is 0. The predicted octanol–water partition coefficient (Wildman–Crippen LogP) is 4.73. The van der Waals surface area contributed by atoms with E-state index in [4.69, 9.17) is 23.7 Å². The number of amides is 1. The SMILES string of the molecule is COCCOCCBr.O=C1N(Cc2ccccn2)c2ccc3ncsc3c2C12COc1cc3c(cc12)OCCO3. The van der Waals surface area contributed by atoms with Crippen molar-refractivity contribution in [2.24, 2.45) is 0 Å². The van der Waals surface area contributed by atoms with Gasteiger partial charge in [-0.25, -0.2) is 4.98 Å². The molecule has 0 aliphatic carbocycles. The fourth-order valence-electron chi connectivity index (χ4n) is 5.28. The third-order valence-electron chi connectivity index (χ3n) is 7.05. The van der Waals surface area contributed by atoms with Gasteiger partial charge in [0.2, 0.25) is 5.91 Å². The molecule has 0 bridgehead atoms. The first kappa shape index (κ1) is 26.9. The molecule has 1 amide bonds. The van der Waals surface area contributed by atoms with Crippen molar-refractivity contribution in [3.63, 3.8) is 0 Å². The highest BCUT2D eigenvalue weighted by Gasteiger charge is 2.58. The highest BCUT2D eigenvalue weighted by atomic mass is 79.9. The zero-order valence-electron chi connectivity index (χ0n) is 21.9. The van der Waals surface area contributed by atoms with Gasteiger partial charge >= 0.3 is 0 Å². The third kappa shape index (κ3) is 4.70. The summed E-state index contributed by atoms with van der Waals surface area (Å²) in [5.74, 6) is 1.94. The third-order valence-corrected chi connectivity index (χ3v) is 8.24. The maximum Gasteiger partial charge on any atom is 0.246 e. The second kappa shape index (κ2) is 11.7. The zero-order valence-corrected chi connectivity index (χ0v) is 24.3. The zero-order chi connectivity index (χ0) is 27.5. The lowest BCUT2D eigenvalue weighted by Crippen LogP contribution is -2.42. The molecule has 1 unspecified atom stereocenters. The van der Waals surface area contributed by atoms with E-state index in [0.29, 0.717) is 50.2 Å². The fourth-order valence-corrected chi connectivity index (χ4v) is 6.42. The van der Waals surface area contributed by atoms with E-state index in [0.717, 1.165) is 44.7 Å². The summed E-state index contributed by atoms with van der Waals surface area (Å²) in [4.78, 5) is 25.0. The lowest BCUT2D eigenvalue weighted by atomic mass is 9.77. The largest absolute Gasteiger partial charge is 0.491 e. The van der Waals surface area contributed by atoms with E-state index in [1.807, 2.05) is 52.9 Å². The van der Waals surface area contributed by atoms with E-state index in [1.54, 1.807) is 24.6 Å². The van der Waals surface area contributed by atoms with Crippen LogP contribution in [0.15, 0.2) is 54.2 Å². The van der Waals surface area contributed by atoms with Gasteiger partial charge in [0.15, 0.2) is 11.5 Å². The Morgan fingerprint density at radius 2 is 1.88 bits per heavy atom. The topological polar surface area (TPSA) is 92.2 Å². The van der Waals surface area contributed by atoms with Gasteiger partial charge in [0.25, 0.3) is 0 Å². The highest BCUT2D eigenvalue weighted by molar-refractivity contribution is 9.09. The quantitative estimate of drug-likeness (QED) is 0.215. The molecule has 9 nitrogen and oxygen atoms in total. The van der Waals surface area contributed by atoms with Crippen molar-refractivity contribution in [1.29, 1.82) is 0 Å². The van der Waals surface area contributed by atoms with Crippen molar-refractivity contribution in [3.8, 4) is 17.2 Å². The first-order chi connectivity index (χ1) is 19.7. The number of halogens is 1. The minimum Gasteiger partial charge on any atom is -0.491 e. The van der Waals surface area contributed by atoms with Gasteiger partial charge in [-0.1, -0.05) is 22.0 Å². The maximum absolute atomic E-state index is 14.2. The summed E-state index contributed by atoms with van der Waals surface area (Å²) in [5, 5.41) is 0.900.